The largest absolute Gasteiger partial charge is 0.465 e. The van der Waals surface area contributed by atoms with Crippen LogP contribution in [0.25, 0.3) is 0 Å². The number of rotatable bonds is 6. The minimum Gasteiger partial charge on any atom is -0.465 e. The number of carbonyl (C=O) groups excluding carboxylic acids is 2. The number of esters is 1. The van der Waals surface area contributed by atoms with Gasteiger partial charge in [0, 0.05) is 0 Å². The summed E-state index contributed by atoms with van der Waals surface area (Å²) in [6.07, 6.45) is 4.96. The molecule has 0 unspecified atom stereocenters. The van der Waals surface area contributed by atoms with Gasteiger partial charge in [-0.2, -0.15) is 0 Å². The number of carbonyl (C=O) groups is 2. The van der Waals surface area contributed by atoms with Crippen molar-refractivity contribution in [3.8, 4) is 12.3 Å². The molecule has 0 bridgehead atoms. The van der Waals surface area contributed by atoms with Gasteiger partial charge in [0.15, 0.2) is 0 Å². The molecule has 14 heavy (non-hydrogen) atoms. The van der Waals surface area contributed by atoms with Crippen molar-refractivity contribution in [3.63, 3.8) is 0 Å². The Balaban J connectivity index is 3.44. The van der Waals surface area contributed by atoms with Crippen LogP contribution in [-0.2, 0) is 14.3 Å². The zero-order valence-corrected chi connectivity index (χ0v) is 8.13. The molecule has 0 aromatic rings. The fraction of sp³-hybridized carbons (Fsp3) is 0.556. The third kappa shape index (κ3) is 7.13. The summed E-state index contributed by atoms with van der Waals surface area (Å²) in [5.74, 6) is 1.60. The maximum absolute atomic E-state index is 11.0. The van der Waals surface area contributed by atoms with Gasteiger partial charge >= 0.3 is 5.97 Å². The van der Waals surface area contributed by atoms with Gasteiger partial charge in [-0.3, -0.25) is 14.9 Å². The van der Waals surface area contributed by atoms with E-state index in [2.05, 4.69) is 21.3 Å². The van der Waals surface area contributed by atoms with Gasteiger partial charge in [0.05, 0.1) is 19.7 Å². The molecule has 78 valence electrons. The molecule has 0 heterocycles. The summed E-state index contributed by atoms with van der Waals surface area (Å²) in [5.41, 5.74) is 0. The predicted molar refractivity (Wildman–Crippen MR) is 51.3 cm³/mol. The predicted octanol–water partition coefficient (Wildman–Crippen LogP) is -1.11. The number of terminal acetylenes is 1. The zero-order chi connectivity index (χ0) is 10.8. The van der Waals surface area contributed by atoms with Crippen LogP contribution in [0.5, 0.6) is 0 Å². The number of amides is 1. The Morgan fingerprint density at radius 1 is 1.43 bits per heavy atom. The van der Waals surface area contributed by atoms with Crippen LogP contribution < -0.4 is 10.6 Å². The molecule has 0 radical (unpaired) electrons. The number of hydrogen-bond donors (Lipinski definition) is 2. The molecular weight excluding hydrogens is 184 g/mol. The topological polar surface area (TPSA) is 67.4 Å². The molecule has 0 aliphatic carbocycles. The lowest BCUT2D eigenvalue weighted by Gasteiger charge is -2.04. The first-order valence-corrected chi connectivity index (χ1v) is 4.27. The summed E-state index contributed by atoms with van der Waals surface area (Å²) in [5, 5.41) is 5.07. The first-order valence-electron chi connectivity index (χ1n) is 4.27. The standard InChI is InChI=1S/C9H14N2O3/c1-3-5-10-6-8(12)11-7-9(13)14-4-2/h1,10H,4-7H2,2H3,(H,11,12). The molecule has 0 rings (SSSR count). The lowest BCUT2D eigenvalue weighted by Crippen LogP contribution is -2.37. The molecule has 1 amide bonds. The van der Waals surface area contributed by atoms with E-state index in [1.165, 1.54) is 0 Å². The van der Waals surface area contributed by atoms with Gasteiger partial charge < -0.3 is 10.1 Å². The minimum atomic E-state index is -0.446. The molecule has 0 fully saturated rings. The molecule has 5 heteroatoms. The second-order valence-electron chi connectivity index (χ2n) is 2.39. The number of ether oxygens (including phenoxy) is 1. The second kappa shape index (κ2) is 8.08. The molecule has 5 nitrogen and oxygen atoms in total. The fourth-order valence-corrected chi connectivity index (χ4v) is 0.693. The summed E-state index contributed by atoms with van der Waals surface area (Å²) in [7, 11) is 0. The van der Waals surface area contributed by atoms with Gasteiger partial charge in [-0.25, -0.2) is 0 Å². The molecule has 0 saturated heterocycles. The van der Waals surface area contributed by atoms with Crippen LogP contribution in [0.1, 0.15) is 6.92 Å². The summed E-state index contributed by atoms with van der Waals surface area (Å²) in [6, 6.07) is 0. The number of hydrogen-bond acceptors (Lipinski definition) is 4. The van der Waals surface area contributed by atoms with Crippen LogP contribution in [0.2, 0.25) is 0 Å². The van der Waals surface area contributed by atoms with Crippen molar-refractivity contribution in [1.82, 2.24) is 10.6 Å². The highest BCUT2D eigenvalue weighted by Crippen LogP contribution is 1.75. The maximum atomic E-state index is 11.0. The molecule has 0 saturated carbocycles. The summed E-state index contributed by atoms with van der Waals surface area (Å²) < 4.78 is 4.61. The van der Waals surface area contributed by atoms with E-state index < -0.39 is 5.97 Å². The Kier molecular flexibility index (Phi) is 7.19. The molecule has 0 aromatic heterocycles. The third-order valence-corrected chi connectivity index (χ3v) is 1.25. The molecule has 0 aliphatic rings. The van der Waals surface area contributed by atoms with Gasteiger partial charge in [-0.05, 0) is 6.92 Å². The Labute approximate surface area is 83.2 Å². The molecular formula is C9H14N2O3. The van der Waals surface area contributed by atoms with Crippen LogP contribution in [0.4, 0.5) is 0 Å². The average Bonchev–Trinajstić information content (AvgIpc) is 2.16. The van der Waals surface area contributed by atoms with Gasteiger partial charge in [0.25, 0.3) is 0 Å². The Morgan fingerprint density at radius 3 is 2.71 bits per heavy atom. The monoisotopic (exact) mass is 198 g/mol. The van der Waals surface area contributed by atoms with E-state index in [9.17, 15) is 9.59 Å². The first-order chi connectivity index (χ1) is 6.70. The molecule has 0 atom stereocenters. The van der Waals surface area contributed by atoms with E-state index in [4.69, 9.17) is 6.42 Å². The van der Waals surface area contributed by atoms with E-state index in [0.29, 0.717) is 13.2 Å². The molecule has 0 spiro atoms. The Morgan fingerprint density at radius 2 is 2.14 bits per heavy atom. The quantitative estimate of drug-likeness (QED) is 0.322. The summed E-state index contributed by atoms with van der Waals surface area (Å²) >= 11 is 0. The highest BCUT2D eigenvalue weighted by Gasteiger charge is 2.04. The van der Waals surface area contributed by atoms with Crippen LogP contribution in [-0.4, -0.2) is 38.1 Å². The lowest BCUT2D eigenvalue weighted by atomic mass is 10.5. The van der Waals surface area contributed by atoms with Crippen molar-refractivity contribution in [2.24, 2.45) is 0 Å². The van der Waals surface area contributed by atoms with E-state index >= 15 is 0 Å². The van der Waals surface area contributed by atoms with Crippen molar-refractivity contribution < 1.29 is 14.3 Å². The third-order valence-electron chi connectivity index (χ3n) is 1.25. The molecule has 0 aromatic carbocycles. The second-order valence-corrected chi connectivity index (χ2v) is 2.39. The first kappa shape index (κ1) is 12.5. The van der Waals surface area contributed by atoms with Gasteiger partial charge in [-0.15, -0.1) is 6.42 Å². The van der Waals surface area contributed by atoms with Gasteiger partial charge in [-0.1, -0.05) is 5.92 Å². The van der Waals surface area contributed by atoms with Crippen molar-refractivity contribution in [2.45, 2.75) is 6.92 Å². The van der Waals surface area contributed by atoms with Gasteiger partial charge in [0.2, 0.25) is 5.91 Å². The lowest BCUT2D eigenvalue weighted by molar-refractivity contribution is -0.143. The number of nitrogens with one attached hydrogen (secondary N) is 2. The van der Waals surface area contributed by atoms with E-state index in [-0.39, 0.29) is 19.0 Å². The van der Waals surface area contributed by atoms with Crippen LogP contribution in [0.3, 0.4) is 0 Å². The van der Waals surface area contributed by atoms with Crippen LogP contribution in [0, 0.1) is 12.3 Å². The summed E-state index contributed by atoms with van der Waals surface area (Å²) in [6.45, 7) is 2.33. The average molecular weight is 198 g/mol. The van der Waals surface area contributed by atoms with E-state index in [1.54, 1.807) is 6.92 Å². The molecule has 0 aliphatic heterocycles. The normalized spacial score (nSPS) is 8.86. The van der Waals surface area contributed by atoms with E-state index in [0.717, 1.165) is 0 Å². The molecule has 2 N–H and O–H groups in total. The van der Waals surface area contributed by atoms with Crippen molar-refractivity contribution in [2.75, 3.05) is 26.2 Å². The van der Waals surface area contributed by atoms with Gasteiger partial charge in [0.1, 0.15) is 6.54 Å². The highest BCUT2D eigenvalue weighted by atomic mass is 16.5. The SMILES string of the molecule is C#CCNCC(=O)NCC(=O)OCC. The smallest absolute Gasteiger partial charge is 0.325 e. The van der Waals surface area contributed by atoms with Crippen molar-refractivity contribution in [1.29, 1.82) is 0 Å². The highest BCUT2D eigenvalue weighted by molar-refractivity contribution is 5.83. The Bertz CT molecular complexity index is 233. The maximum Gasteiger partial charge on any atom is 0.325 e. The van der Waals surface area contributed by atoms with Crippen molar-refractivity contribution >= 4 is 11.9 Å². The van der Waals surface area contributed by atoms with Crippen LogP contribution >= 0.6 is 0 Å². The minimum absolute atomic E-state index is 0.101. The van der Waals surface area contributed by atoms with E-state index in [1.807, 2.05) is 0 Å². The Hall–Kier alpha value is -1.54. The van der Waals surface area contributed by atoms with Crippen LogP contribution in [0.15, 0.2) is 0 Å². The van der Waals surface area contributed by atoms with Crippen molar-refractivity contribution in [3.05, 3.63) is 0 Å². The fourth-order valence-electron chi connectivity index (χ4n) is 0.693. The zero-order valence-electron chi connectivity index (χ0n) is 8.13. The summed E-state index contributed by atoms with van der Waals surface area (Å²) in [4.78, 5) is 21.8.